The zero-order chi connectivity index (χ0) is 10.9. The van der Waals surface area contributed by atoms with Crippen LogP contribution in [0.3, 0.4) is 0 Å². The molecule has 0 amide bonds. The molecule has 0 N–H and O–H groups in total. The maximum atomic E-state index is 5.66. The van der Waals surface area contributed by atoms with Crippen molar-refractivity contribution in [3.63, 3.8) is 0 Å². The molecule has 0 unspecified atom stereocenters. The Bertz CT molecular complexity index is 145. The van der Waals surface area contributed by atoms with Crippen molar-refractivity contribution in [1.29, 1.82) is 0 Å². The molecule has 15 heavy (non-hydrogen) atoms. The zero-order valence-electron chi connectivity index (χ0n) is 10.2. The van der Waals surface area contributed by atoms with Crippen molar-refractivity contribution >= 4 is 11.6 Å². The second-order valence-electron chi connectivity index (χ2n) is 4.79. The van der Waals surface area contributed by atoms with Crippen LogP contribution in [0.25, 0.3) is 0 Å². The lowest BCUT2D eigenvalue weighted by Gasteiger charge is -2.31. The summed E-state index contributed by atoms with van der Waals surface area (Å²) in [5.74, 6) is 1.85. The highest BCUT2D eigenvalue weighted by Gasteiger charge is 2.19. The predicted octanol–water partition coefficient (Wildman–Crippen LogP) is 3.91. The topological polar surface area (TPSA) is 3.24 Å². The van der Waals surface area contributed by atoms with Crippen molar-refractivity contribution in [2.75, 3.05) is 25.5 Å². The molecule has 0 atom stereocenters. The average Bonchev–Trinajstić information content (AvgIpc) is 2.19. The minimum absolute atomic E-state index is 0.833. The zero-order valence-corrected chi connectivity index (χ0v) is 10.9. The van der Waals surface area contributed by atoms with Crippen molar-refractivity contribution in [1.82, 2.24) is 4.90 Å². The quantitative estimate of drug-likeness (QED) is 0.430. The van der Waals surface area contributed by atoms with Crippen LogP contribution in [0, 0.1) is 5.92 Å². The van der Waals surface area contributed by atoms with Gasteiger partial charge in [-0.05, 0) is 44.7 Å². The highest BCUT2D eigenvalue weighted by molar-refractivity contribution is 6.17. The SMILES string of the molecule is CCN(CCCCCCCl)CC1CCC1. The van der Waals surface area contributed by atoms with Gasteiger partial charge in [0.05, 0.1) is 0 Å². The molecule has 1 aliphatic rings. The van der Waals surface area contributed by atoms with E-state index in [1.165, 1.54) is 64.6 Å². The van der Waals surface area contributed by atoms with Crippen molar-refractivity contribution in [3.05, 3.63) is 0 Å². The Kier molecular flexibility index (Phi) is 7.46. The first-order valence-corrected chi connectivity index (χ1v) is 7.18. The van der Waals surface area contributed by atoms with E-state index in [1.54, 1.807) is 0 Å². The summed E-state index contributed by atoms with van der Waals surface area (Å²) in [6.07, 6.45) is 9.63. The van der Waals surface area contributed by atoms with Crippen LogP contribution in [0.5, 0.6) is 0 Å². The van der Waals surface area contributed by atoms with Gasteiger partial charge in [-0.25, -0.2) is 0 Å². The van der Waals surface area contributed by atoms with Gasteiger partial charge in [0.1, 0.15) is 0 Å². The van der Waals surface area contributed by atoms with E-state index in [0.717, 1.165) is 11.8 Å². The summed E-state index contributed by atoms with van der Waals surface area (Å²) in [6, 6.07) is 0. The first-order valence-electron chi connectivity index (χ1n) is 6.65. The molecule has 90 valence electrons. The highest BCUT2D eigenvalue weighted by atomic mass is 35.5. The van der Waals surface area contributed by atoms with Crippen LogP contribution in [0.15, 0.2) is 0 Å². The second kappa shape index (κ2) is 8.41. The van der Waals surface area contributed by atoms with E-state index in [0.29, 0.717) is 0 Å². The van der Waals surface area contributed by atoms with E-state index >= 15 is 0 Å². The monoisotopic (exact) mass is 231 g/mol. The minimum atomic E-state index is 0.833. The van der Waals surface area contributed by atoms with Crippen LogP contribution >= 0.6 is 11.6 Å². The van der Waals surface area contributed by atoms with Crippen molar-refractivity contribution in [3.8, 4) is 0 Å². The molecule has 1 fully saturated rings. The Labute approximate surface area is 100 Å². The van der Waals surface area contributed by atoms with E-state index in [4.69, 9.17) is 11.6 Å². The van der Waals surface area contributed by atoms with Crippen molar-refractivity contribution < 1.29 is 0 Å². The lowest BCUT2D eigenvalue weighted by Crippen LogP contribution is -2.33. The Morgan fingerprint density at radius 1 is 1.13 bits per heavy atom. The fraction of sp³-hybridized carbons (Fsp3) is 1.00. The smallest absolute Gasteiger partial charge is 0.0223 e. The Morgan fingerprint density at radius 3 is 2.40 bits per heavy atom. The standard InChI is InChI=1S/C13H26ClN/c1-2-15(12-13-8-7-9-13)11-6-4-3-5-10-14/h13H,2-12H2,1H3. The summed E-state index contributed by atoms with van der Waals surface area (Å²) in [7, 11) is 0. The Hall–Kier alpha value is 0.250. The molecule has 0 heterocycles. The number of rotatable bonds is 9. The predicted molar refractivity (Wildman–Crippen MR) is 68.6 cm³/mol. The molecule has 0 spiro atoms. The largest absolute Gasteiger partial charge is 0.303 e. The van der Waals surface area contributed by atoms with Gasteiger partial charge in [-0.15, -0.1) is 11.6 Å². The number of nitrogens with zero attached hydrogens (tertiary/aromatic N) is 1. The van der Waals surface area contributed by atoms with Crippen LogP contribution < -0.4 is 0 Å². The van der Waals surface area contributed by atoms with Crippen LogP contribution in [-0.4, -0.2) is 30.4 Å². The Balaban J connectivity index is 1.95. The minimum Gasteiger partial charge on any atom is -0.303 e. The molecule has 0 saturated heterocycles. The van der Waals surface area contributed by atoms with Crippen LogP contribution in [0.2, 0.25) is 0 Å². The molecule has 1 aliphatic carbocycles. The molecule has 0 aromatic rings. The molecule has 0 aromatic heterocycles. The van der Waals surface area contributed by atoms with Crippen molar-refractivity contribution in [2.24, 2.45) is 5.92 Å². The second-order valence-corrected chi connectivity index (χ2v) is 5.17. The average molecular weight is 232 g/mol. The van der Waals surface area contributed by atoms with E-state index in [2.05, 4.69) is 11.8 Å². The highest BCUT2D eigenvalue weighted by Crippen LogP contribution is 2.27. The summed E-state index contributed by atoms with van der Waals surface area (Å²) < 4.78 is 0. The molecule has 1 nitrogen and oxygen atoms in total. The fourth-order valence-electron chi connectivity index (χ4n) is 2.20. The first-order chi connectivity index (χ1) is 7.36. The van der Waals surface area contributed by atoms with Crippen molar-refractivity contribution in [2.45, 2.75) is 51.9 Å². The summed E-state index contributed by atoms with van der Waals surface area (Å²) in [5.41, 5.74) is 0. The van der Waals surface area contributed by atoms with Gasteiger partial charge in [0.25, 0.3) is 0 Å². The molecule has 1 saturated carbocycles. The van der Waals surface area contributed by atoms with Gasteiger partial charge in [0, 0.05) is 12.4 Å². The summed E-state index contributed by atoms with van der Waals surface area (Å²) in [4.78, 5) is 2.63. The molecule has 0 aromatic carbocycles. The molecule has 1 rings (SSSR count). The van der Waals surface area contributed by atoms with Gasteiger partial charge in [-0.2, -0.15) is 0 Å². The van der Waals surface area contributed by atoms with Crippen LogP contribution in [-0.2, 0) is 0 Å². The van der Waals surface area contributed by atoms with Gasteiger partial charge >= 0.3 is 0 Å². The molecule has 2 heteroatoms. The molecule has 0 bridgehead atoms. The molecule has 0 radical (unpaired) electrons. The number of unbranched alkanes of at least 4 members (excludes halogenated alkanes) is 3. The normalized spacial score (nSPS) is 17.0. The van der Waals surface area contributed by atoms with Gasteiger partial charge < -0.3 is 4.90 Å². The summed E-state index contributed by atoms with van der Waals surface area (Å²) >= 11 is 5.66. The lowest BCUT2D eigenvalue weighted by atomic mass is 9.85. The van der Waals surface area contributed by atoms with Crippen LogP contribution in [0.4, 0.5) is 0 Å². The van der Waals surface area contributed by atoms with E-state index in [1.807, 2.05) is 0 Å². The molecule has 0 aliphatic heterocycles. The maximum Gasteiger partial charge on any atom is 0.0223 e. The molecular weight excluding hydrogens is 206 g/mol. The number of alkyl halides is 1. The summed E-state index contributed by atoms with van der Waals surface area (Å²) in [5, 5.41) is 0. The third-order valence-electron chi connectivity index (χ3n) is 3.55. The van der Waals surface area contributed by atoms with Gasteiger partial charge in [0.2, 0.25) is 0 Å². The third-order valence-corrected chi connectivity index (χ3v) is 3.81. The number of hydrogen-bond acceptors (Lipinski definition) is 1. The van der Waals surface area contributed by atoms with E-state index in [9.17, 15) is 0 Å². The number of hydrogen-bond donors (Lipinski definition) is 0. The summed E-state index contributed by atoms with van der Waals surface area (Å²) in [6.45, 7) is 6.17. The third kappa shape index (κ3) is 5.77. The van der Waals surface area contributed by atoms with Gasteiger partial charge in [-0.1, -0.05) is 26.2 Å². The fourth-order valence-corrected chi connectivity index (χ4v) is 2.39. The van der Waals surface area contributed by atoms with Gasteiger partial charge in [0.15, 0.2) is 0 Å². The molecular formula is C13H26ClN. The van der Waals surface area contributed by atoms with E-state index < -0.39 is 0 Å². The van der Waals surface area contributed by atoms with Crippen LogP contribution in [0.1, 0.15) is 51.9 Å². The first kappa shape index (κ1) is 13.3. The van der Waals surface area contributed by atoms with E-state index in [-0.39, 0.29) is 0 Å². The Morgan fingerprint density at radius 2 is 1.87 bits per heavy atom. The van der Waals surface area contributed by atoms with Gasteiger partial charge in [-0.3, -0.25) is 0 Å². The number of halogens is 1. The lowest BCUT2D eigenvalue weighted by molar-refractivity contribution is 0.181. The maximum absolute atomic E-state index is 5.66.